The Kier molecular flexibility index (Phi) is 7.69. The second-order valence-electron chi connectivity index (χ2n) is 6.47. The number of carbonyl (C=O) groups is 2. The molecule has 0 fully saturated rings. The van der Waals surface area contributed by atoms with Crippen molar-refractivity contribution < 1.29 is 33.5 Å². The summed E-state index contributed by atoms with van der Waals surface area (Å²) in [5.41, 5.74) is 1.72. The highest BCUT2D eigenvalue weighted by molar-refractivity contribution is 7.15. The molecule has 0 unspecified atom stereocenters. The third-order valence-electron chi connectivity index (χ3n) is 4.47. The molecule has 164 valence electrons. The van der Waals surface area contributed by atoms with Crippen LogP contribution >= 0.6 is 11.3 Å². The maximum absolute atomic E-state index is 12.7. The number of anilines is 1. The third-order valence-corrected chi connectivity index (χ3v) is 5.37. The Labute approximate surface area is 184 Å². The molecule has 8 nitrogen and oxygen atoms in total. The van der Waals surface area contributed by atoms with Crippen molar-refractivity contribution in [3.8, 4) is 22.6 Å². The molecule has 2 heterocycles. The lowest BCUT2D eigenvalue weighted by Gasteiger charge is -2.11. The smallest absolute Gasteiger partial charge is 0.341 e. The fraction of sp³-hybridized carbons (Fsp3) is 0.273. The zero-order chi connectivity index (χ0) is 22.2. The standard InChI is InChI=1S/C22H24N2O6S/c1-4-29-22(26)20-16(14-7-8-17(27-2)18(10-14)28-3)13-31-21(20)24-19(25)12-23-11-15-6-5-9-30-15/h5-10,13,23H,4,11-12H2,1-3H3,(H,24,25)/p+1. The number of carbonyl (C=O) groups excluding carboxylic acids is 2. The van der Waals surface area contributed by atoms with Crippen molar-refractivity contribution in [1.82, 2.24) is 0 Å². The van der Waals surface area contributed by atoms with Gasteiger partial charge in [0.25, 0.3) is 5.91 Å². The van der Waals surface area contributed by atoms with Crippen molar-refractivity contribution in [2.24, 2.45) is 0 Å². The number of thiophene rings is 1. The Hall–Kier alpha value is -3.30. The number of rotatable bonds is 10. The highest BCUT2D eigenvalue weighted by Crippen LogP contribution is 2.39. The molecule has 0 bridgehead atoms. The molecule has 0 atom stereocenters. The number of benzene rings is 1. The predicted octanol–water partition coefficient (Wildman–Crippen LogP) is 2.90. The Morgan fingerprint density at radius 1 is 1.16 bits per heavy atom. The number of nitrogens with one attached hydrogen (secondary N) is 1. The van der Waals surface area contributed by atoms with Crippen LogP contribution in [0.15, 0.2) is 46.4 Å². The van der Waals surface area contributed by atoms with Crippen molar-refractivity contribution >= 4 is 28.2 Å². The van der Waals surface area contributed by atoms with E-state index < -0.39 is 5.97 Å². The van der Waals surface area contributed by atoms with Crippen molar-refractivity contribution in [3.05, 3.63) is 53.3 Å². The SMILES string of the molecule is CCOC(=O)c1c(-c2ccc(OC)c(OC)c2)csc1NC(=O)C[NH2+]Cc1ccco1. The van der Waals surface area contributed by atoms with Crippen molar-refractivity contribution in [3.63, 3.8) is 0 Å². The molecule has 9 heteroatoms. The van der Waals surface area contributed by atoms with E-state index in [-0.39, 0.29) is 19.1 Å². The summed E-state index contributed by atoms with van der Waals surface area (Å²) in [6.07, 6.45) is 1.59. The molecule has 0 aliphatic carbocycles. The lowest BCUT2D eigenvalue weighted by molar-refractivity contribution is -0.661. The molecule has 3 rings (SSSR count). The molecule has 0 radical (unpaired) electrons. The zero-order valence-corrected chi connectivity index (χ0v) is 18.4. The van der Waals surface area contributed by atoms with Gasteiger partial charge in [-0.15, -0.1) is 11.3 Å². The van der Waals surface area contributed by atoms with E-state index in [1.807, 2.05) is 22.8 Å². The summed E-state index contributed by atoms with van der Waals surface area (Å²) in [5.74, 6) is 1.19. The minimum absolute atomic E-state index is 0.187. The van der Waals surface area contributed by atoms with E-state index in [9.17, 15) is 9.59 Å². The van der Waals surface area contributed by atoms with Gasteiger partial charge in [-0.1, -0.05) is 6.07 Å². The Balaban J connectivity index is 1.81. The number of ether oxygens (including phenoxy) is 3. The number of amides is 1. The quantitative estimate of drug-likeness (QED) is 0.465. The summed E-state index contributed by atoms with van der Waals surface area (Å²) in [7, 11) is 3.11. The molecule has 1 aromatic carbocycles. The lowest BCUT2D eigenvalue weighted by Crippen LogP contribution is -2.84. The van der Waals surface area contributed by atoms with Crippen LogP contribution in [-0.4, -0.2) is 39.2 Å². The molecule has 0 saturated heterocycles. The van der Waals surface area contributed by atoms with Gasteiger partial charge in [0.05, 0.1) is 27.1 Å². The molecule has 0 saturated carbocycles. The maximum Gasteiger partial charge on any atom is 0.341 e. The maximum atomic E-state index is 12.7. The van der Waals surface area contributed by atoms with Crippen molar-refractivity contribution in [1.29, 1.82) is 0 Å². The largest absolute Gasteiger partial charge is 0.493 e. The minimum atomic E-state index is -0.497. The number of quaternary nitrogens is 1. The number of esters is 1. The van der Waals surface area contributed by atoms with Crippen LogP contribution in [0.5, 0.6) is 11.5 Å². The van der Waals surface area contributed by atoms with E-state index in [1.54, 1.807) is 45.6 Å². The van der Waals surface area contributed by atoms with Crippen LogP contribution in [0.25, 0.3) is 11.1 Å². The normalized spacial score (nSPS) is 10.5. The predicted molar refractivity (Wildman–Crippen MR) is 117 cm³/mol. The molecule has 0 aliphatic heterocycles. The first-order chi connectivity index (χ1) is 15.1. The van der Waals surface area contributed by atoms with E-state index in [4.69, 9.17) is 18.6 Å². The van der Waals surface area contributed by atoms with Crippen LogP contribution in [0.1, 0.15) is 23.0 Å². The molecular formula is C22H25N2O6S+. The first kappa shape index (κ1) is 22.4. The van der Waals surface area contributed by atoms with E-state index in [1.165, 1.54) is 11.3 Å². The van der Waals surface area contributed by atoms with Gasteiger partial charge in [-0.05, 0) is 36.8 Å². The Morgan fingerprint density at radius 3 is 2.65 bits per heavy atom. The minimum Gasteiger partial charge on any atom is -0.493 e. The van der Waals surface area contributed by atoms with Crippen LogP contribution in [0.3, 0.4) is 0 Å². The lowest BCUT2D eigenvalue weighted by atomic mass is 10.0. The van der Waals surface area contributed by atoms with Crippen LogP contribution in [-0.2, 0) is 16.1 Å². The van der Waals surface area contributed by atoms with Gasteiger partial charge in [-0.25, -0.2) is 4.79 Å². The van der Waals surface area contributed by atoms with Gasteiger partial charge in [0.1, 0.15) is 17.1 Å². The van der Waals surface area contributed by atoms with Crippen LogP contribution in [0.2, 0.25) is 0 Å². The third kappa shape index (κ3) is 5.44. The van der Waals surface area contributed by atoms with E-state index >= 15 is 0 Å². The molecule has 0 spiro atoms. The van der Waals surface area contributed by atoms with Crippen molar-refractivity contribution in [2.75, 3.05) is 32.7 Å². The fourth-order valence-electron chi connectivity index (χ4n) is 3.02. The summed E-state index contributed by atoms with van der Waals surface area (Å²) < 4.78 is 21.2. The van der Waals surface area contributed by atoms with Gasteiger partial charge in [-0.2, -0.15) is 0 Å². The van der Waals surface area contributed by atoms with E-state index in [0.29, 0.717) is 34.2 Å². The topological polar surface area (TPSA) is 104 Å². The summed E-state index contributed by atoms with van der Waals surface area (Å²) >= 11 is 1.27. The van der Waals surface area contributed by atoms with Crippen LogP contribution in [0, 0.1) is 0 Å². The molecule has 3 N–H and O–H groups in total. The van der Waals surface area contributed by atoms with Gasteiger partial charge in [-0.3, -0.25) is 4.79 Å². The number of nitrogens with two attached hydrogens (primary N) is 1. The molecule has 0 aliphatic rings. The fourth-order valence-corrected chi connectivity index (χ4v) is 4.00. The number of hydrogen-bond donors (Lipinski definition) is 2. The summed E-state index contributed by atoms with van der Waals surface area (Å²) in [4.78, 5) is 25.2. The highest BCUT2D eigenvalue weighted by Gasteiger charge is 2.24. The second kappa shape index (κ2) is 10.6. The zero-order valence-electron chi connectivity index (χ0n) is 17.6. The van der Waals surface area contributed by atoms with Gasteiger partial charge in [0.15, 0.2) is 23.8 Å². The average Bonchev–Trinajstić information content (AvgIpc) is 3.43. The first-order valence-electron chi connectivity index (χ1n) is 9.72. The average molecular weight is 446 g/mol. The summed E-state index contributed by atoms with van der Waals surface area (Å²) in [6, 6.07) is 9.03. The molecule has 31 heavy (non-hydrogen) atoms. The van der Waals surface area contributed by atoms with Gasteiger partial charge >= 0.3 is 5.97 Å². The van der Waals surface area contributed by atoms with E-state index in [2.05, 4.69) is 5.32 Å². The Morgan fingerprint density at radius 2 is 1.97 bits per heavy atom. The molecule has 1 amide bonds. The summed E-state index contributed by atoms with van der Waals surface area (Å²) in [5, 5.41) is 6.91. The van der Waals surface area contributed by atoms with Gasteiger partial charge in [0, 0.05) is 10.9 Å². The van der Waals surface area contributed by atoms with Gasteiger partial charge < -0.3 is 29.3 Å². The number of furan rings is 1. The van der Waals surface area contributed by atoms with Gasteiger partial charge in [0.2, 0.25) is 0 Å². The van der Waals surface area contributed by atoms with E-state index in [0.717, 1.165) is 11.3 Å². The summed E-state index contributed by atoms with van der Waals surface area (Å²) in [6.45, 7) is 2.70. The molecular weight excluding hydrogens is 420 g/mol. The number of methoxy groups -OCH3 is 2. The Bertz CT molecular complexity index is 1030. The van der Waals surface area contributed by atoms with Crippen LogP contribution < -0.4 is 20.1 Å². The highest BCUT2D eigenvalue weighted by atomic mass is 32.1. The van der Waals surface area contributed by atoms with Crippen LogP contribution in [0.4, 0.5) is 5.00 Å². The van der Waals surface area contributed by atoms with Crippen molar-refractivity contribution in [2.45, 2.75) is 13.5 Å². The monoisotopic (exact) mass is 445 g/mol. The molecule has 3 aromatic rings. The first-order valence-corrected chi connectivity index (χ1v) is 10.6. The second-order valence-corrected chi connectivity index (χ2v) is 7.35. The number of hydrogen-bond acceptors (Lipinski definition) is 7. The molecule has 2 aromatic heterocycles.